The summed E-state index contributed by atoms with van der Waals surface area (Å²) in [7, 11) is 0. The zero-order chi connectivity index (χ0) is 18.5. The predicted octanol–water partition coefficient (Wildman–Crippen LogP) is 3.43. The fourth-order valence-electron chi connectivity index (χ4n) is 2.84. The maximum absolute atomic E-state index is 12.6. The number of nitrogens with one attached hydrogen (secondary N) is 2. The number of nitrogens with zero attached hydrogens (tertiary/aromatic N) is 1. The van der Waals surface area contributed by atoms with Gasteiger partial charge in [-0.3, -0.25) is 9.89 Å². The maximum atomic E-state index is 12.6. The van der Waals surface area contributed by atoms with Crippen LogP contribution in [-0.4, -0.2) is 27.8 Å². The second-order valence-corrected chi connectivity index (χ2v) is 6.51. The van der Waals surface area contributed by atoms with E-state index in [0.717, 1.165) is 28.1 Å². The molecule has 5 nitrogen and oxygen atoms in total. The monoisotopic (exact) mass is 369 g/mol. The van der Waals surface area contributed by atoms with Gasteiger partial charge in [0.25, 0.3) is 0 Å². The van der Waals surface area contributed by atoms with E-state index in [1.165, 1.54) is 0 Å². The van der Waals surface area contributed by atoms with Crippen molar-refractivity contribution in [1.82, 2.24) is 15.5 Å². The molecule has 1 aromatic heterocycles. The van der Waals surface area contributed by atoms with E-state index >= 15 is 0 Å². The molecule has 134 valence electrons. The summed E-state index contributed by atoms with van der Waals surface area (Å²) in [6.07, 6.45) is 0.170. The SMILES string of the molecule is Cc1[nH]nc(-c2ccc(Cl)cc2)c1CC(=O)NC(CO)c1ccccc1. The lowest BCUT2D eigenvalue weighted by molar-refractivity contribution is -0.121. The number of carbonyl (C=O) groups is 1. The number of hydrogen-bond donors (Lipinski definition) is 3. The molecule has 0 aliphatic heterocycles. The minimum absolute atomic E-state index is 0.163. The van der Waals surface area contributed by atoms with Crippen LogP contribution in [0.1, 0.15) is 22.9 Å². The highest BCUT2D eigenvalue weighted by Gasteiger charge is 2.18. The van der Waals surface area contributed by atoms with Gasteiger partial charge in [-0.15, -0.1) is 0 Å². The molecule has 3 aromatic rings. The number of aliphatic hydroxyl groups excluding tert-OH is 1. The third-order valence-electron chi connectivity index (χ3n) is 4.25. The summed E-state index contributed by atoms with van der Waals surface area (Å²) in [6.45, 7) is 1.72. The number of aryl methyl sites for hydroxylation is 1. The second-order valence-electron chi connectivity index (χ2n) is 6.07. The molecule has 2 aromatic carbocycles. The molecule has 1 unspecified atom stereocenters. The molecular weight excluding hydrogens is 350 g/mol. The van der Waals surface area contributed by atoms with E-state index in [1.807, 2.05) is 49.4 Å². The van der Waals surface area contributed by atoms with Gasteiger partial charge in [-0.25, -0.2) is 0 Å². The van der Waals surface area contributed by atoms with E-state index in [-0.39, 0.29) is 18.9 Å². The Kier molecular flexibility index (Phi) is 5.71. The molecule has 0 fully saturated rings. The quantitative estimate of drug-likeness (QED) is 0.623. The lowest BCUT2D eigenvalue weighted by Gasteiger charge is -2.17. The maximum Gasteiger partial charge on any atom is 0.225 e. The van der Waals surface area contributed by atoms with E-state index in [4.69, 9.17) is 11.6 Å². The molecule has 0 saturated carbocycles. The fourth-order valence-corrected chi connectivity index (χ4v) is 2.97. The number of aromatic amines is 1. The van der Waals surface area contributed by atoms with Crippen LogP contribution in [0.3, 0.4) is 0 Å². The average Bonchev–Trinajstić information content (AvgIpc) is 3.01. The van der Waals surface area contributed by atoms with Crippen LogP contribution in [0.2, 0.25) is 5.02 Å². The normalized spacial score (nSPS) is 12.0. The van der Waals surface area contributed by atoms with Gasteiger partial charge < -0.3 is 10.4 Å². The molecule has 0 radical (unpaired) electrons. The number of carbonyl (C=O) groups excluding carboxylic acids is 1. The van der Waals surface area contributed by atoms with E-state index in [0.29, 0.717) is 5.02 Å². The topological polar surface area (TPSA) is 78.0 Å². The van der Waals surface area contributed by atoms with Crippen molar-refractivity contribution >= 4 is 17.5 Å². The minimum atomic E-state index is -0.435. The average molecular weight is 370 g/mol. The van der Waals surface area contributed by atoms with Crippen molar-refractivity contribution in [2.75, 3.05) is 6.61 Å². The number of rotatable bonds is 6. The van der Waals surface area contributed by atoms with Crippen LogP contribution in [0, 0.1) is 6.92 Å². The van der Waals surface area contributed by atoms with Gasteiger partial charge in [-0.05, 0) is 24.6 Å². The van der Waals surface area contributed by atoms with E-state index in [1.54, 1.807) is 12.1 Å². The van der Waals surface area contributed by atoms with Crippen molar-refractivity contribution in [3.8, 4) is 11.3 Å². The summed E-state index contributed by atoms with van der Waals surface area (Å²) in [5.74, 6) is -0.174. The van der Waals surface area contributed by atoms with Crippen molar-refractivity contribution < 1.29 is 9.90 Å². The van der Waals surface area contributed by atoms with Gasteiger partial charge >= 0.3 is 0 Å². The van der Waals surface area contributed by atoms with Crippen molar-refractivity contribution in [1.29, 1.82) is 0 Å². The number of benzene rings is 2. The minimum Gasteiger partial charge on any atom is -0.394 e. The van der Waals surface area contributed by atoms with E-state index < -0.39 is 6.04 Å². The van der Waals surface area contributed by atoms with Gasteiger partial charge in [0.2, 0.25) is 5.91 Å². The van der Waals surface area contributed by atoms with Crippen molar-refractivity contribution in [2.24, 2.45) is 0 Å². The van der Waals surface area contributed by atoms with Crippen molar-refractivity contribution in [3.63, 3.8) is 0 Å². The Morgan fingerprint density at radius 3 is 2.54 bits per heavy atom. The molecule has 3 N–H and O–H groups in total. The first-order valence-electron chi connectivity index (χ1n) is 8.33. The zero-order valence-electron chi connectivity index (χ0n) is 14.4. The van der Waals surface area contributed by atoms with Gasteiger partial charge in [-0.2, -0.15) is 5.10 Å². The largest absolute Gasteiger partial charge is 0.394 e. The summed E-state index contributed by atoms with van der Waals surface area (Å²) in [5, 5.41) is 20.4. The number of hydrogen-bond acceptors (Lipinski definition) is 3. The zero-order valence-corrected chi connectivity index (χ0v) is 15.1. The van der Waals surface area contributed by atoms with Crippen LogP contribution in [0.5, 0.6) is 0 Å². The van der Waals surface area contributed by atoms with Crippen LogP contribution in [0.4, 0.5) is 0 Å². The molecule has 1 amide bonds. The fraction of sp³-hybridized carbons (Fsp3) is 0.200. The molecular formula is C20H20ClN3O2. The molecule has 1 heterocycles. The molecule has 0 aliphatic rings. The Balaban J connectivity index is 1.77. The standard InChI is InChI=1S/C20H20ClN3O2/c1-13-17(20(24-23-13)15-7-9-16(21)10-8-15)11-19(26)22-18(12-25)14-5-3-2-4-6-14/h2-10,18,25H,11-12H2,1H3,(H,22,26)(H,23,24). The molecule has 26 heavy (non-hydrogen) atoms. The highest BCUT2D eigenvalue weighted by atomic mass is 35.5. The highest BCUT2D eigenvalue weighted by molar-refractivity contribution is 6.30. The van der Waals surface area contributed by atoms with Gasteiger partial charge in [0.1, 0.15) is 0 Å². The number of aliphatic hydroxyl groups is 1. The van der Waals surface area contributed by atoms with Crippen molar-refractivity contribution in [2.45, 2.75) is 19.4 Å². The Bertz CT molecular complexity index is 876. The molecule has 1 atom stereocenters. The van der Waals surface area contributed by atoms with Gasteiger partial charge in [0.05, 0.1) is 24.8 Å². The predicted molar refractivity (Wildman–Crippen MR) is 102 cm³/mol. The first-order chi connectivity index (χ1) is 12.6. The number of amides is 1. The van der Waals surface area contributed by atoms with Crippen LogP contribution in [0.25, 0.3) is 11.3 Å². The second kappa shape index (κ2) is 8.17. The van der Waals surface area contributed by atoms with Crippen LogP contribution in [-0.2, 0) is 11.2 Å². The molecule has 3 rings (SSSR count). The molecule has 0 aliphatic carbocycles. The summed E-state index contributed by atoms with van der Waals surface area (Å²) in [4.78, 5) is 12.6. The summed E-state index contributed by atoms with van der Waals surface area (Å²) in [5.41, 5.74) is 4.16. The number of aromatic nitrogens is 2. The Morgan fingerprint density at radius 2 is 1.88 bits per heavy atom. The van der Waals surface area contributed by atoms with Crippen LogP contribution in [0.15, 0.2) is 54.6 Å². The van der Waals surface area contributed by atoms with E-state index in [2.05, 4.69) is 15.5 Å². The third kappa shape index (κ3) is 4.12. The third-order valence-corrected chi connectivity index (χ3v) is 4.50. The number of halogens is 1. The lowest BCUT2D eigenvalue weighted by atomic mass is 10.0. The molecule has 6 heteroatoms. The van der Waals surface area contributed by atoms with Gasteiger partial charge in [0, 0.05) is 21.8 Å². The molecule has 0 saturated heterocycles. The summed E-state index contributed by atoms with van der Waals surface area (Å²) < 4.78 is 0. The van der Waals surface area contributed by atoms with Gasteiger partial charge in [0.15, 0.2) is 0 Å². The smallest absolute Gasteiger partial charge is 0.225 e. The first-order valence-corrected chi connectivity index (χ1v) is 8.71. The van der Waals surface area contributed by atoms with E-state index in [9.17, 15) is 9.90 Å². The Morgan fingerprint density at radius 1 is 1.19 bits per heavy atom. The van der Waals surface area contributed by atoms with Crippen LogP contribution >= 0.6 is 11.6 Å². The Labute approximate surface area is 157 Å². The van der Waals surface area contributed by atoms with Crippen LogP contribution < -0.4 is 5.32 Å². The van der Waals surface area contributed by atoms with Gasteiger partial charge in [-0.1, -0.05) is 54.1 Å². The number of H-pyrrole nitrogens is 1. The first kappa shape index (κ1) is 18.2. The summed E-state index contributed by atoms with van der Waals surface area (Å²) in [6, 6.07) is 16.3. The van der Waals surface area contributed by atoms with Crippen molar-refractivity contribution in [3.05, 3.63) is 76.4 Å². The molecule has 0 bridgehead atoms. The Hall–Kier alpha value is -2.63. The molecule has 0 spiro atoms. The summed E-state index contributed by atoms with van der Waals surface area (Å²) >= 11 is 5.94. The highest BCUT2D eigenvalue weighted by Crippen LogP contribution is 2.25. The lowest BCUT2D eigenvalue weighted by Crippen LogP contribution is -2.32.